The number of aryl methyl sites for hydroxylation is 1. The fourth-order valence-electron chi connectivity index (χ4n) is 2.18. The van der Waals surface area contributed by atoms with Crippen molar-refractivity contribution < 1.29 is 9.53 Å². The van der Waals surface area contributed by atoms with Crippen molar-refractivity contribution in [2.24, 2.45) is 0 Å². The first-order chi connectivity index (χ1) is 11.6. The van der Waals surface area contributed by atoms with Gasteiger partial charge < -0.3 is 14.2 Å². The van der Waals surface area contributed by atoms with E-state index >= 15 is 0 Å². The number of rotatable bonds is 9. The molecule has 6 nitrogen and oxygen atoms in total. The minimum absolute atomic E-state index is 0.0702. The van der Waals surface area contributed by atoms with Crippen LogP contribution in [0, 0.1) is 0 Å². The van der Waals surface area contributed by atoms with E-state index in [1.54, 1.807) is 18.3 Å². The third-order valence-corrected chi connectivity index (χ3v) is 4.68. The summed E-state index contributed by atoms with van der Waals surface area (Å²) in [6.07, 6.45) is 2.68. The number of carbonyl (C=O) groups excluding carboxylic acids is 1. The van der Waals surface area contributed by atoms with E-state index in [0.29, 0.717) is 25.4 Å². The van der Waals surface area contributed by atoms with Crippen LogP contribution < -0.4 is 0 Å². The summed E-state index contributed by atoms with van der Waals surface area (Å²) in [7, 11) is 3.48. The molecule has 1 aromatic heterocycles. The average molecular weight is 348 g/mol. The molecule has 0 unspecified atom stereocenters. The quantitative estimate of drug-likeness (QED) is 0.651. The Morgan fingerprint density at radius 3 is 2.67 bits per heavy atom. The molecule has 130 valence electrons. The van der Waals surface area contributed by atoms with Crippen molar-refractivity contribution in [2.45, 2.75) is 31.6 Å². The molecule has 0 saturated heterocycles. The topological polar surface area (TPSA) is 60.2 Å². The number of thioether (sulfide) groups is 1. The second kappa shape index (κ2) is 9.44. The first-order valence-corrected chi connectivity index (χ1v) is 8.94. The Bertz CT molecular complexity index is 642. The van der Waals surface area contributed by atoms with E-state index in [1.807, 2.05) is 11.6 Å². The summed E-state index contributed by atoms with van der Waals surface area (Å²) in [5.74, 6) is 0.413. The number of amides is 1. The fraction of sp³-hybridized carbons (Fsp3) is 0.471. The summed E-state index contributed by atoms with van der Waals surface area (Å²) in [5.41, 5.74) is 2.44. The Balaban J connectivity index is 1.84. The Morgan fingerprint density at radius 2 is 2.00 bits per heavy atom. The molecule has 0 bridgehead atoms. The summed E-state index contributed by atoms with van der Waals surface area (Å²) < 4.78 is 6.95. The van der Waals surface area contributed by atoms with Gasteiger partial charge in [0.1, 0.15) is 6.33 Å². The molecule has 0 atom stereocenters. The summed E-state index contributed by atoms with van der Waals surface area (Å²) in [6, 6.07) is 8.38. The van der Waals surface area contributed by atoms with Crippen LogP contribution in [0.5, 0.6) is 0 Å². The molecule has 0 saturated carbocycles. The van der Waals surface area contributed by atoms with Crippen LogP contribution >= 0.6 is 11.8 Å². The van der Waals surface area contributed by atoms with E-state index < -0.39 is 0 Å². The van der Waals surface area contributed by atoms with Crippen molar-refractivity contribution in [1.29, 1.82) is 0 Å². The third kappa shape index (κ3) is 5.35. The predicted octanol–water partition coefficient (Wildman–Crippen LogP) is 2.24. The molecule has 0 fully saturated rings. The third-order valence-electron chi connectivity index (χ3n) is 3.72. The molecule has 1 aromatic carbocycles. The predicted molar refractivity (Wildman–Crippen MR) is 94.9 cm³/mol. The highest BCUT2D eigenvalue weighted by Gasteiger charge is 2.13. The molecular formula is C17H24N4O2S. The first kappa shape index (κ1) is 18.5. The van der Waals surface area contributed by atoms with Crippen LogP contribution in [0.2, 0.25) is 0 Å². The molecule has 0 aliphatic heterocycles. The Labute approximate surface area is 147 Å². The molecule has 1 amide bonds. The van der Waals surface area contributed by atoms with Gasteiger partial charge in [-0.3, -0.25) is 4.79 Å². The minimum atomic E-state index is 0.0702. The van der Waals surface area contributed by atoms with E-state index in [1.165, 1.54) is 17.3 Å². The zero-order valence-corrected chi connectivity index (χ0v) is 15.3. The molecule has 0 spiro atoms. The Morgan fingerprint density at radius 1 is 1.29 bits per heavy atom. The van der Waals surface area contributed by atoms with Gasteiger partial charge in [0.25, 0.3) is 0 Å². The number of aromatic nitrogens is 3. The van der Waals surface area contributed by atoms with Crippen LogP contribution in [-0.4, -0.2) is 52.1 Å². The van der Waals surface area contributed by atoms with Gasteiger partial charge in [0, 0.05) is 27.2 Å². The van der Waals surface area contributed by atoms with Gasteiger partial charge >= 0.3 is 0 Å². The number of ether oxygens (including phenoxy) is 1. The maximum Gasteiger partial charge on any atom is 0.233 e. The number of hydrogen-bond donors (Lipinski definition) is 0. The number of hydrogen-bond acceptors (Lipinski definition) is 5. The lowest BCUT2D eigenvalue weighted by atomic mass is 10.1. The van der Waals surface area contributed by atoms with Gasteiger partial charge in [-0.25, -0.2) is 0 Å². The number of carbonyl (C=O) groups is 1. The molecular weight excluding hydrogens is 324 g/mol. The van der Waals surface area contributed by atoms with E-state index in [-0.39, 0.29) is 5.91 Å². The van der Waals surface area contributed by atoms with Crippen molar-refractivity contribution in [2.75, 3.05) is 26.5 Å². The molecule has 0 N–H and O–H groups in total. The summed E-state index contributed by atoms with van der Waals surface area (Å²) >= 11 is 1.40. The lowest BCUT2D eigenvalue weighted by molar-refractivity contribution is -0.127. The SMILES string of the molecule is CCc1ccc(CN(C)C(=O)CSc2nncn2CCOC)cc1. The Kier molecular flexibility index (Phi) is 7.27. The van der Waals surface area contributed by atoms with Crippen molar-refractivity contribution in [1.82, 2.24) is 19.7 Å². The van der Waals surface area contributed by atoms with E-state index in [9.17, 15) is 4.79 Å². The van der Waals surface area contributed by atoms with Crippen molar-refractivity contribution in [3.63, 3.8) is 0 Å². The van der Waals surface area contributed by atoms with Crippen LogP contribution in [-0.2, 0) is 29.0 Å². The smallest absolute Gasteiger partial charge is 0.233 e. The average Bonchev–Trinajstić information content (AvgIpc) is 3.05. The number of methoxy groups -OCH3 is 1. The van der Waals surface area contributed by atoms with Crippen LogP contribution in [0.4, 0.5) is 0 Å². The monoisotopic (exact) mass is 348 g/mol. The standard InChI is InChI=1S/C17H24N4O2S/c1-4-14-5-7-15(8-6-14)11-20(2)16(22)12-24-17-19-18-13-21(17)9-10-23-3/h5-8,13H,4,9-12H2,1-3H3. The molecule has 2 rings (SSSR count). The normalized spacial score (nSPS) is 10.8. The number of benzene rings is 1. The van der Waals surface area contributed by atoms with Crippen LogP contribution in [0.15, 0.2) is 35.7 Å². The lowest BCUT2D eigenvalue weighted by Gasteiger charge is -2.17. The van der Waals surface area contributed by atoms with E-state index in [2.05, 4.69) is 41.4 Å². The zero-order chi connectivity index (χ0) is 17.4. The van der Waals surface area contributed by atoms with Gasteiger partial charge in [-0.2, -0.15) is 0 Å². The van der Waals surface area contributed by atoms with Crippen molar-refractivity contribution >= 4 is 17.7 Å². The van der Waals surface area contributed by atoms with Crippen LogP contribution in [0.3, 0.4) is 0 Å². The van der Waals surface area contributed by atoms with Crippen molar-refractivity contribution in [3.05, 3.63) is 41.7 Å². The fourth-order valence-corrected chi connectivity index (χ4v) is 3.06. The first-order valence-electron chi connectivity index (χ1n) is 7.95. The summed E-state index contributed by atoms with van der Waals surface area (Å²) in [6.45, 7) is 4.01. The van der Waals surface area contributed by atoms with Crippen LogP contribution in [0.1, 0.15) is 18.1 Å². The highest BCUT2D eigenvalue weighted by molar-refractivity contribution is 7.99. The maximum absolute atomic E-state index is 12.3. The largest absolute Gasteiger partial charge is 0.383 e. The van der Waals surface area contributed by atoms with E-state index in [0.717, 1.165) is 17.1 Å². The molecule has 0 radical (unpaired) electrons. The maximum atomic E-state index is 12.3. The zero-order valence-electron chi connectivity index (χ0n) is 14.4. The lowest BCUT2D eigenvalue weighted by Crippen LogP contribution is -2.28. The minimum Gasteiger partial charge on any atom is -0.383 e. The number of nitrogens with zero attached hydrogens (tertiary/aromatic N) is 4. The molecule has 7 heteroatoms. The highest BCUT2D eigenvalue weighted by Crippen LogP contribution is 2.16. The van der Waals surface area contributed by atoms with Gasteiger partial charge in [-0.15, -0.1) is 10.2 Å². The highest BCUT2D eigenvalue weighted by atomic mass is 32.2. The summed E-state index contributed by atoms with van der Waals surface area (Å²) in [4.78, 5) is 14.1. The second-order valence-corrected chi connectivity index (χ2v) is 6.45. The molecule has 2 aromatic rings. The van der Waals surface area contributed by atoms with E-state index in [4.69, 9.17) is 4.74 Å². The van der Waals surface area contributed by atoms with Gasteiger partial charge in [0.15, 0.2) is 5.16 Å². The van der Waals surface area contributed by atoms with Gasteiger partial charge in [0.05, 0.1) is 12.4 Å². The Hall–Kier alpha value is -1.86. The molecule has 0 aliphatic carbocycles. The van der Waals surface area contributed by atoms with Gasteiger partial charge in [-0.1, -0.05) is 43.0 Å². The second-order valence-electron chi connectivity index (χ2n) is 5.51. The molecule has 24 heavy (non-hydrogen) atoms. The molecule has 1 heterocycles. The van der Waals surface area contributed by atoms with Gasteiger partial charge in [-0.05, 0) is 17.5 Å². The van der Waals surface area contributed by atoms with Crippen LogP contribution in [0.25, 0.3) is 0 Å². The van der Waals surface area contributed by atoms with Crippen molar-refractivity contribution in [3.8, 4) is 0 Å². The molecule has 0 aliphatic rings. The summed E-state index contributed by atoms with van der Waals surface area (Å²) in [5, 5.41) is 8.68. The van der Waals surface area contributed by atoms with Gasteiger partial charge in [0.2, 0.25) is 5.91 Å².